The Kier molecular flexibility index (Phi) is 3.82. The van der Waals surface area contributed by atoms with Gasteiger partial charge in [0.1, 0.15) is 0 Å². The predicted molar refractivity (Wildman–Crippen MR) is 68.3 cm³/mol. The number of carboxylic acids is 1. The summed E-state index contributed by atoms with van der Waals surface area (Å²) in [6, 6.07) is 8.21. The molecular weight excluding hydrogens is 212 g/mol. The highest BCUT2D eigenvalue weighted by Crippen LogP contribution is 2.37. The minimum absolute atomic E-state index is 0.333. The van der Waals surface area contributed by atoms with Gasteiger partial charge in [0, 0.05) is 0 Å². The molecule has 0 heterocycles. The minimum Gasteiger partial charge on any atom is -0.481 e. The number of hydrogen-bond acceptors (Lipinski definition) is 1. The van der Waals surface area contributed by atoms with E-state index in [0.29, 0.717) is 5.92 Å². The van der Waals surface area contributed by atoms with Crippen molar-refractivity contribution in [3.63, 3.8) is 0 Å². The van der Waals surface area contributed by atoms with Gasteiger partial charge in [-0.1, -0.05) is 44.0 Å². The minimum atomic E-state index is -0.697. The standard InChI is InChI=1S/C15H20O2/c1-2-5-14(15(16)17)13-9-4-8-12(10-13)11-6-3-7-11/h4,8-11,14H,2-3,5-7H2,1H3,(H,16,17). The van der Waals surface area contributed by atoms with Crippen LogP contribution in [0.1, 0.15) is 62.0 Å². The van der Waals surface area contributed by atoms with Crippen molar-refractivity contribution in [1.82, 2.24) is 0 Å². The Morgan fingerprint density at radius 2 is 2.24 bits per heavy atom. The second-order valence-electron chi connectivity index (χ2n) is 4.98. The van der Waals surface area contributed by atoms with E-state index in [0.717, 1.165) is 18.4 Å². The third kappa shape index (κ3) is 2.68. The first-order valence-electron chi connectivity index (χ1n) is 6.55. The van der Waals surface area contributed by atoms with Gasteiger partial charge in [-0.05, 0) is 36.3 Å². The van der Waals surface area contributed by atoms with E-state index in [2.05, 4.69) is 12.1 Å². The molecule has 0 bridgehead atoms. The number of hydrogen-bond donors (Lipinski definition) is 1. The summed E-state index contributed by atoms with van der Waals surface area (Å²) in [5.74, 6) is -0.358. The van der Waals surface area contributed by atoms with Gasteiger partial charge in [-0.3, -0.25) is 4.79 Å². The van der Waals surface area contributed by atoms with Gasteiger partial charge in [-0.15, -0.1) is 0 Å². The van der Waals surface area contributed by atoms with Gasteiger partial charge in [0.05, 0.1) is 5.92 Å². The summed E-state index contributed by atoms with van der Waals surface area (Å²) in [6.07, 6.45) is 5.46. The number of carbonyl (C=O) groups is 1. The molecular formula is C15H20O2. The zero-order valence-corrected chi connectivity index (χ0v) is 10.4. The van der Waals surface area contributed by atoms with Crippen molar-refractivity contribution in [2.75, 3.05) is 0 Å². The molecule has 1 aliphatic rings. The number of aliphatic carboxylic acids is 1. The molecule has 1 fully saturated rings. The Hall–Kier alpha value is -1.31. The number of carboxylic acid groups (broad SMARTS) is 1. The molecule has 92 valence electrons. The molecule has 0 amide bonds. The molecule has 0 saturated heterocycles. The molecule has 1 aromatic carbocycles. The maximum atomic E-state index is 11.3. The van der Waals surface area contributed by atoms with E-state index in [1.807, 2.05) is 19.1 Å². The molecule has 2 heteroatoms. The van der Waals surface area contributed by atoms with E-state index in [9.17, 15) is 9.90 Å². The first-order chi connectivity index (χ1) is 8.22. The van der Waals surface area contributed by atoms with Crippen LogP contribution in [-0.2, 0) is 4.79 Å². The van der Waals surface area contributed by atoms with E-state index in [1.165, 1.54) is 24.8 Å². The summed E-state index contributed by atoms with van der Waals surface area (Å²) < 4.78 is 0. The summed E-state index contributed by atoms with van der Waals surface area (Å²) >= 11 is 0. The van der Waals surface area contributed by atoms with Gasteiger partial charge in [0.2, 0.25) is 0 Å². The molecule has 1 aromatic rings. The smallest absolute Gasteiger partial charge is 0.310 e. The zero-order chi connectivity index (χ0) is 12.3. The van der Waals surface area contributed by atoms with Gasteiger partial charge >= 0.3 is 5.97 Å². The lowest BCUT2D eigenvalue weighted by Gasteiger charge is -2.26. The lowest BCUT2D eigenvalue weighted by Crippen LogP contribution is -2.13. The normalized spacial score (nSPS) is 17.5. The van der Waals surface area contributed by atoms with Crippen molar-refractivity contribution < 1.29 is 9.90 Å². The lowest BCUT2D eigenvalue weighted by molar-refractivity contribution is -0.139. The molecule has 0 aromatic heterocycles. The van der Waals surface area contributed by atoms with Crippen LogP contribution >= 0.6 is 0 Å². The first-order valence-corrected chi connectivity index (χ1v) is 6.55. The molecule has 1 aliphatic carbocycles. The summed E-state index contributed by atoms with van der Waals surface area (Å²) in [4.78, 5) is 11.3. The third-order valence-electron chi connectivity index (χ3n) is 3.77. The molecule has 17 heavy (non-hydrogen) atoms. The monoisotopic (exact) mass is 232 g/mol. The molecule has 1 unspecified atom stereocenters. The average Bonchev–Trinajstić information content (AvgIpc) is 2.23. The van der Waals surface area contributed by atoms with Crippen LogP contribution < -0.4 is 0 Å². The number of benzene rings is 1. The van der Waals surface area contributed by atoms with Crippen molar-refractivity contribution >= 4 is 5.97 Å². The molecule has 2 rings (SSSR count). The maximum Gasteiger partial charge on any atom is 0.310 e. The van der Waals surface area contributed by atoms with Gasteiger partial charge < -0.3 is 5.11 Å². The lowest BCUT2D eigenvalue weighted by atomic mass is 9.79. The molecule has 1 atom stereocenters. The van der Waals surface area contributed by atoms with Crippen molar-refractivity contribution in [3.05, 3.63) is 35.4 Å². The number of rotatable bonds is 5. The SMILES string of the molecule is CCCC(C(=O)O)c1cccc(C2CCC2)c1. The van der Waals surface area contributed by atoms with E-state index >= 15 is 0 Å². The Labute approximate surface area is 103 Å². The van der Waals surface area contributed by atoms with E-state index in [-0.39, 0.29) is 5.92 Å². The van der Waals surface area contributed by atoms with Crippen LogP contribution in [-0.4, -0.2) is 11.1 Å². The highest BCUT2D eigenvalue weighted by atomic mass is 16.4. The van der Waals surface area contributed by atoms with Gasteiger partial charge in [0.25, 0.3) is 0 Å². The Morgan fingerprint density at radius 1 is 1.47 bits per heavy atom. The summed E-state index contributed by atoms with van der Waals surface area (Å²) in [5.41, 5.74) is 2.31. The van der Waals surface area contributed by atoms with Crippen molar-refractivity contribution in [1.29, 1.82) is 0 Å². The van der Waals surface area contributed by atoms with Gasteiger partial charge in [0.15, 0.2) is 0 Å². The maximum absolute atomic E-state index is 11.3. The van der Waals surface area contributed by atoms with Crippen LogP contribution in [0.2, 0.25) is 0 Å². The van der Waals surface area contributed by atoms with Crippen LogP contribution in [0, 0.1) is 0 Å². The second kappa shape index (κ2) is 5.35. The van der Waals surface area contributed by atoms with Crippen molar-refractivity contribution in [3.8, 4) is 0 Å². The topological polar surface area (TPSA) is 37.3 Å². The van der Waals surface area contributed by atoms with Gasteiger partial charge in [-0.25, -0.2) is 0 Å². The zero-order valence-electron chi connectivity index (χ0n) is 10.4. The van der Waals surface area contributed by atoms with Crippen LogP contribution in [0.3, 0.4) is 0 Å². The second-order valence-corrected chi connectivity index (χ2v) is 4.98. The molecule has 0 aliphatic heterocycles. The third-order valence-corrected chi connectivity index (χ3v) is 3.77. The van der Waals surface area contributed by atoms with Crippen LogP contribution in [0.25, 0.3) is 0 Å². The van der Waals surface area contributed by atoms with E-state index in [4.69, 9.17) is 0 Å². The van der Waals surface area contributed by atoms with Crippen molar-refractivity contribution in [2.24, 2.45) is 0 Å². The fourth-order valence-corrected chi connectivity index (χ4v) is 2.49. The summed E-state index contributed by atoms with van der Waals surface area (Å²) in [6.45, 7) is 2.03. The molecule has 1 N–H and O–H groups in total. The summed E-state index contributed by atoms with van der Waals surface area (Å²) in [7, 11) is 0. The predicted octanol–water partition coefficient (Wildman–Crippen LogP) is 3.92. The Morgan fingerprint density at radius 3 is 2.76 bits per heavy atom. The highest BCUT2D eigenvalue weighted by molar-refractivity contribution is 5.76. The quantitative estimate of drug-likeness (QED) is 0.835. The Balaban J connectivity index is 2.20. The highest BCUT2D eigenvalue weighted by Gasteiger charge is 2.23. The van der Waals surface area contributed by atoms with Crippen LogP contribution in [0.4, 0.5) is 0 Å². The fourth-order valence-electron chi connectivity index (χ4n) is 2.49. The molecule has 0 spiro atoms. The van der Waals surface area contributed by atoms with Crippen LogP contribution in [0.5, 0.6) is 0 Å². The van der Waals surface area contributed by atoms with Crippen LogP contribution in [0.15, 0.2) is 24.3 Å². The largest absolute Gasteiger partial charge is 0.481 e. The average molecular weight is 232 g/mol. The fraction of sp³-hybridized carbons (Fsp3) is 0.533. The molecule has 2 nitrogen and oxygen atoms in total. The van der Waals surface area contributed by atoms with E-state index < -0.39 is 5.97 Å². The van der Waals surface area contributed by atoms with Crippen molar-refractivity contribution in [2.45, 2.75) is 50.9 Å². The molecule has 0 radical (unpaired) electrons. The van der Waals surface area contributed by atoms with E-state index in [1.54, 1.807) is 0 Å². The molecule has 1 saturated carbocycles. The van der Waals surface area contributed by atoms with Gasteiger partial charge in [-0.2, -0.15) is 0 Å². The first kappa shape index (κ1) is 12.2. The summed E-state index contributed by atoms with van der Waals surface area (Å²) in [5, 5.41) is 9.26. The Bertz CT molecular complexity index is 394.